The lowest BCUT2D eigenvalue weighted by atomic mass is 9.96. The van der Waals surface area contributed by atoms with Crippen LogP contribution in [0, 0.1) is 20.8 Å². The number of aryl methyl sites for hydroxylation is 3. The van der Waals surface area contributed by atoms with Crippen LogP contribution in [0.25, 0.3) is 0 Å². The van der Waals surface area contributed by atoms with Crippen molar-refractivity contribution in [2.45, 2.75) is 33.3 Å². The number of rotatable bonds is 5. The number of nitrogens with one attached hydrogen (secondary N) is 2. The molecule has 1 aromatic carbocycles. The second kappa shape index (κ2) is 7.19. The molecular formula is C19H27N3O3. The molecule has 0 fully saturated rings. The fourth-order valence-corrected chi connectivity index (χ4v) is 2.75. The number of amides is 2. The Kier molecular flexibility index (Phi) is 5.42. The number of urea groups is 1. The fraction of sp³-hybridized carbons (Fsp3) is 0.421. The molecule has 0 aliphatic rings. The molecule has 6 nitrogen and oxygen atoms in total. The van der Waals surface area contributed by atoms with Gasteiger partial charge in [-0.25, -0.2) is 4.79 Å². The molecule has 136 valence electrons. The summed E-state index contributed by atoms with van der Waals surface area (Å²) in [6.07, 6.45) is 0. The van der Waals surface area contributed by atoms with E-state index in [1.807, 2.05) is 51.0 Å². The van der Waals surface area contributed by atoms with Gasteiger partial charge < -0.3 is 25.1 Å². The van der Waals surface area contributed by atoms with Crippen LogP contribution in [0.3, 0.4) is 0 Å². The van der Waals surface area contributed by atoms with Crippen LogP contribution < -0.4 is 15.5 Å². The third-order valence-corrected chi connectivity index (χ3v) is 4.19. The van der Waals surface area contributed by atoms with Gasteiger partial charge in [0, 0.05) is 31.0 Å². The van der Waals surface area contributed by atoms with Gasteiger partial charge in [-0.1, -0.05) is 0 Å². The number of aliphatic hydroxyl groups is 1. The Morgan fingerprint density at radius 3 is 2.44 bits per heavy atom. The Hall–Kier alpha value is -2.47. The van der Waals surface area contributed by atoms with E-state index in [1.165, 1.54) is 0 Å². The van der Waals surface area contributed by atoms with Gasteiger partial charge in [0.15, 0.2) is 0 Å². The van der Waals surface area contributed by atoms with E-state index in [0.717, 1.165) is 22.7 Å². The van der Waals surface area contributed by atoms with Crippen LogP contribution >= 0.6 is 0 Å². The molecule has 0 saturated heterocycles. The van der Waals surface area contributed by atoms with Gasteiger partial charge in [0.1, 0.15) is 17.1 Å². The van der Waals surface area contributed by atoms with Gasteiger partial charge in [0.25, 0.3) is 0 Å². The first-order valence-electron chi connectivity index (χ1n) is 8.23. The lowest BCUT2D eigenvalue weighted by Gasteiger charge is -2.23. The molecule has 2 aromatic rings. The van der Waals surface area contributed by atoms with Crippen molar-refractivity contribution < 1.29 is 14.3 Å². The second-order valence-corrected chi connectivity index (χ2v) is 6.80. The van der Waals surface area contributed by atoms with Gasteiger partial charge >= 0.3 is 6.03 Å². The fourth-order valence-electron chi connectivity index (χ4n) is 2.75. The molecule has 2 rings (SSSR count). The zero-order valence-corrected chi connectivity index (χ0v) is 15.7. The van der Waals surface area contributed by atoms with Crippen LogP contribution in [0.5, 0.6) is 0 Å². The van der Waals surface area contributed by atoms with Crippen molar-refractivity contribution in [3.63, 3.8) is 0 Å². The van der Waals surface area contributed by atoms with Crippen LogP contribution in [0.2, 0.25) is 0 Å². The van der Waals surface area contributed by atoms with Gasteiger partial charge in [0.2, 0.25) is 0 Å². The minimum Gasteiger partial charge on any atom is -0.466 e. The monoisotopic (exact) mass is 345 g/mol. The molecule has 2 amide bonds. The summed E-state index contributed by atoms with van der Waals surface area (Å²) in [5, 5.41) is 16.2. The Bertz CT molecular complexity index is 763. The number of furan rings is 1. The number of carbonyl (C=O) groups is 1. The highest BCUT2D eigenvalue weighted by atomic mass is 16.3. The zero-order valence-electron chi connectivity index (χ0n) is 15.7. The molecule has 1 unspecified atom stereocenters. The second-order valence-electron chi connectivity index (χ2n) is 6.80. The van der Waals surface area contributed by atoms with Crippen molar-refractivity contribution in [2.24, 2.45) is 0 Å². The lowest BCUT2D eigenvalue weighted by Crippen LogP contribution is -2.40. The maximum atomic E-state index is 12.2. The van der Waals surface area contributed by atoms with Crippen LogP contribution in [-0.4, -0.2) is 31.8 Å². The highest BCUT2D eigenvalue weighted by Gasteiger charge is 2.28. The van der Waals surface area contributed by atoms with E-state index < -0.39 is 5.60 Å². The first-order valence-corrected chi connectivity index (χ1v) is 8.23. The summed E-state index contributed by atoms with van der Waals surface area (Å²) in [5.41, 5.74) is 2.24. The molecule has 0 radical (unpaired) electrons. The van der Waals surface area contributed by atoms with E-state index in [9.17, 15) is 9.90 Å². The van der Waals surface area contributed by atoms with Crippen molar-refractivity contribution in [3.05, 3.63) is 46.9 Å². The van der Waals surface area contributed by atoms with Crippen LogP contribution in [0.4, 0.5) is 16.2 Å². The minimum atomic E-state index is -1.21. The maximum absolute atomic E-state index is 12.2. The summed E-state index contributed by atoms with van der Waals surface area (Å²) in [6, 6.07) is 7.24. The van der Waals surface area contributed by atoms with Crippen molar-refractivity contribution in [3.8, 4) is 0 Å². The number of carbonyl (C=O) groups excluding carboxylic acids is 1. The number of nitrogens with zero attached hydrogens (tertiary/aromatic N) is 1. The van der Waals surface area contributed by atoms with Gasteiger partial charge in [-0.05, 0) is 57.5 Å². The van der Waals surface area contributed by atoms with Crippen molar-refractivity contribution in [1.82, 2.24) is 5.32 Å². The third-order valence-electron chi connectivity index (χ3n) is 4.19. The molecule has 0 aliphatic carbocycles. The molecule has 0 bridgehead atoms. The predicted molar refractivity (Wildman–Crippen MR) is 100 cm³/mol. The highest BCUT2D eigenvalue weighted by Crippen LogP contribution is 2.26. The molecule has 3 N–H and O–H groups in total. The number of benzene rings is 1. The Labute approximate surface area is 148 Å². The summed E-state index contributed by atoms with van der Waals surface area (Å²) in [5.74, 6) is 1.38. The van der Waals surface area contributed by atoms with E-state index in [1.54, 1.807) is 19.9 Å². The van der Waals surface area contributed by atoms with Crippen molar-refractivity contribution >= 4 is 17.4 Å². The minimum absolute atomic E-state index is 0.0769. The van der Waals surface area contributed by atoms with Gasteiger partial charge in [-0.2, -0.15) is 0 Å². The summed E-state index contributed by atoms with van der Waals surface area (Å²) >= 11 is 0. The largest absolute Gasteiger partial charge is 0.466 e. The highest BCUT2D eigenvalue weighted by molar-refractivity contribution is 5.90. The number of hydrogen-bond acceptors (Lipinski definition) is 4. The molecule has 1 heterocycles. The van der Waals surface area contributed by atoms with Crippen LogP contribution in [0.15, 0.2) is 28.7 Å². The first-order chi connectivity index (χ1) is 11.6. The molecule has 6 heteroatoms. The third kappa shape index (κ3) is 4.54. The summed E-state index contributed by atoms with van der Waals surface area (Å²) in [4.78, 5) is 14.2. The van der Waals surface area contributed by atoms with Crippen LogP contribution in [-0.2, 0) is 5.60 Å². The average Bonchev–Trinajstić information content (AvgIpc) is 2.86. The van der Waals surface area contributed by atoms with E-state index in [0.29, 0.717) is 11.3 Å². The topological polar surface area (TPSA) is 77.7 Å². The van der Waals surface area contributed by atoms with E-state index in [-0.39, 0.29) is 12.6 Å². The van der Waals surface area contributed by atoms with Crippen molar-refractivity contribution in [2.75, 3.05) is 30.9 Å². The molecule has 0 spiro atoms. The molecule has 1 aromatic heterocycles. The molecule has 0 aliphatic heterocycles. The normalized spacial score (nSPS) is 13.2. The van der Waals surface area contributed by atoms with Gasteiger partial charge in [-0.3, -0.25) is 0 Å². The molecule has 25 heavy (non-hydrogen) atoms. The van der Waals surface area contributed by atoms with Crippen molar-refractivity contribution in [1.29, 1.82) is 0 Å². The van der Waals surface area contributed by atoms with Crippen LogP contribution in [0.1, 0.15) is 29.6 Å². The smallest absolute Gasteiger partial charge is 0.319 e. The molecular weight excluding hydrogens is 318 g/mol. The van der Waals surface area contributed by atoms with E-state index >= 15 is 0 Å². The standard InChI is InChI=1S/C19H27N3O3/c1-12-9-15(22(5)6)7-8-17(12)21-18(23)20-11-19(4,24)16-10-13(2)25-14(16)3/h7-10,24H,11H2,1-6H3,(H2,20,21,23). The Morgan fingerprint density at radius 2 is 1.92 bits per heavy atom. The lowest BCUT2D eigenvalue weighted by molar-refractivity contribution is 0.0584. The summed E-state index contributed by atoms with van der Waals surface area (Å²) < 4.78 is 5.46. The number of anilines is 2. The first kappa shape index (κ1) is 18.9. The quantitative estimate of drug-likeness (QED) is 0.777. The molecule has 0 saturated carbocycles. The predicted octanol–water partition coefficient (Wildman–Crippen LogP) is 3.30. The molecule has 1 atom stereocenters. The Morgan fingerprint density at radius 1 is 1.24 bits per heavy atom. The van der Waals surface area contributed by atoms with Gasteiger partial charge in [-0.15, -0.1) is 0 Å². The SMILES string of the molecule is Cc1cc(C(C)(O)CNC(=O)Nc2ccc(N(C)C)cc2C)c(C)o1. The summed E-state index contributed by atoms with van der Waals surface area (Å²) in [6.45, 7) is 7.30. The Balaban J connectivity index is 2.00. The zero-order chi connectivity index (χ0) is 18.8. The maximum Gasteiger partial charge on any atom is 0.319 e. The number of hydrogen-bond donors (Lipinski definition) is 3. The van der Waals surface area contributed by atoms with E-state index in [2.05, 4.69) is 10.6 Å². The van der Waals surface area contributed by atoms with E-state index in [4.69, 9.17) is 4.42 Å². The van der Waals surface area contributed by atoms with Gasteiger partial charge in [0.05, 0.1) is 6.54 Å². The summed E-state index contributed by atoms with van der Waals surface area (Å²) in [7, 11) is 3.94. The average molecular weight is 345 g/mol.